The number of thiazole rings is 1. The second-order valence-electron chi connectivity index (χ2n) is 10.5. The molecule has 3 aromatic rings. The summed E-state index contributed by atoms with van der Waals surface area (Å²) in [6, 6.07) is 10.7. The van der Waals surface area contributed by atoms with Gasteiger partial charge in [-0.25, -0.2) is 4.98 Å². The molecule has 2 aromatic heterocycles. The Labute approximate surface area is 241 Å². The van der Waals surface area contributed by atoms with Crippen LogP contribution in [0.5, 0.6) is 0 Å². The number of alkyl halides is 3. The highest BCUT2D eigenvalue weighted by atomic mass is 32.1. The van der Waals surface area contributed by atoms with Crippen molar-refractivity contribution in [2.45, 2.75) is 51.7 Å². The lowest BCUT2D eigenvalue weighted by Gasteiger charge is -2.37. The number of aromatic nitrogens is 2. The van der Waals surface area contributed by atoms with Gasteiger partial charge in [0.05, 0.1) is 31.5 Å². The summed E-state index contributed by atoms with van der Waals surface area (Å²) >= 11 is 0.716. The third-order valence-corrected chi connectivity index (χ3v) is 8.26. The average Bonchev–Trinajstić information content (AvgIpc) is 3.40. The van der Waals surface area contributed by atoms with Gasteiger partial charge >= 0.3 is 6.18 Å². The Balaban J connectivity index is 1.38. The Morgan fingerprint density at radius 2 is 1.88 bits per heavy atom. The summed E-state index contributed by atoms with van der Waals surface area (Å²) in [4.78, 5) is 25.5. The second kappa shape index (κ2) is 12.4. The molecule has 2 fully saturated rings. The van der Waals surface area contributed by atoms with Crippen molar-refractivity contribution in [2.24, 2.45) is 0 Å². The van der Waals surface area contributed by atoms with Gasteiger partial charge in [-0.3, -0.25) is 14.7 Å². The molecule has 2 saturated heterocycles. The zero-order chi connectivity index (χ0) is 29.1. The fourth-order valence-corrected chi connectivity index (χ4v) is 6.27. The van der Waals surface area contributed by atoms with Crippen molar-refractivity contribution in [2.75, 3.05) is 44.3 Å². The Hall–Kier alpha value is -3.06. The van der Waals surface area contributed by atoms with Crippen LogP contribution in [0.3, 0.4) is 0 Å². The molecule has 5 rings (SSSR count). The van der Waals surface area contributed by atoms with E-state index in [-0.39, 0.29) is 17.2 Å². The average molecular weight is 590 g/mol. The molecule has 1 N–H and O–H groups in total. The van der Waals surface area contributed by atoms with Crippen molar-refractivity contribution in [1.29, 1.82) is 0 Å². The highest BCUT2D eigenvalue weighted by Gasteiger charge is 2.40. The predicted octanol–water partition coefficient (Wildman–Crippen LogP) is 5.16. The first-order valence-corrected chi connectivity index (χ1v) is 14.5. The number of amides is 1. The van der Waals surface area contributed by atoms with Gasteiger partial charge in [-0.15, -0.1) is 11.3 Å². The van der Waals surface area contributed by atoms with E-state index in [0.717, 1.165) is 43.0 Å². The van der Waals surface area contributed by atoms with Gasteiger partial charge in [0.15, 0.2) is 5.69 Å². The van der Waals surface area contributed by atoms with Gasteiger partial charge in [0.25, 0.3) is 5.91 Å². The molecule has 0 spiro atoms. The van der Waals surface area contributed by atoms with E-state index in [9.17, 15) is 18.0 Å². The summed E-state index contributed by atoms with van der Waals surface area (Å²) in [6.45, 7) is 10.4. The van der Waals surface area contributed by atoms with Crippen LogP contribution in [-0.2, 0) is 22.2 Å². The smallest absolute Gasteiger partial charge is 0.379 e. The molecule has 0 bridgehead atoms. The molecule has 2 aliphatic heterocycles. The highest BCUT2D eigenvalue weighted by molar-refractivity contribution is 7.17. The molecule has 0 aliphatic carbocycles. The van der Waals surface area contributed by atoms with Crippen molar-refractivity contribution in [1.82, 2.24) is 20.2 Å². The molecule has 1 aromatic carbocycles. The number of pyridine rings is 1. The number of rotatable bonds is 7. The minimum atomic E-state index is -4.80. The number of ether oxygens (including phenoxy) is 2. The molecule has 2 unspecified atom stereocenters. The number of carbonyl (C=O) groups is 1. The first kappa shape index (κ1) is 29.4. The Morgan fingerprint density at radius 3 is 2.59 bits per heavy atom. The number of hydrogen-bond acceptors (Lipinski definition) is 8. The SMILES string of the molecule is CC1CN(c2cccc([C@H](C)NC(=O)c3sc(-c4ncccc4CN4CCOCC4)nc3C(F)(F)F)c2)CC(C)O1. The molecule has 0 saturated carbocycles. The monoisotopic (exact) mass is 589 g/mol. The van der Waals surface area contributed by atoms with E-state index in [4.69, 9.17) is 9.47 Å². The topological polar surface area (TPSA) is 79.8 Å². The fraction of sp³-hybridized carbons (Fsp3) is 0.483. The summed E-state index contributed by atoms with van der Waals surface area (Å²) in [7, 11) is 0. The first-order valence-electron chi connectivity index (χ1n) is 13.7. The first-order chi connectivity index (χ1) is 19.6. The van der Waals surface area contributed by atoms with Crippen LogP contribution in [0.1, 0.15) is 53.3 Å². The Kier molecular flexibility index (Phi) is 8.93. The molecule has 2 aliphatic rings. The van der Waals surface area contributed by atoms with Gasteiger partial charge in [-0.1, -0.05) is 18.2 Å². The third kappa shape index (κ3) is 7.06. The summed E-state index contributed by atoms with van der Waals surface area (Å²) < 4.78 is 53.5. The lowest BCUT2D eigenvalue weighted by atomic mass is 10.1. The van der Waals surface area contributed by atoms with E-state index in [1.54, 1.807) is 13.0 Å². The van der Waals surface area contributed by atoms with E-state index in [2.05, 4.69) is 25.1 Å². The maximum absolute atomic E-state index is 14.1. The zero-order valence-electron chi connectivity index (χ0n) is 23.3. The molecule has 41 heavy (non-hydrogen) atoms. The van der Waals surface area contributed by atoms with Gasteiger partial charge in [0.2, 0.25) is 0 Å². The van der Waals surface area contributed by atoms with Crippen molar-refractivity contribution in [3.05, 3.63) is 64.3 Å². The largest absolute Gasteiger partial charge is 0.435 e. The summed E-state index contributed by atoms with van der Waals surface area (Å²) in [5, 5.41) is 2.83. The van der Waals surface area contributed by atoms with Crippen LogP contribution in [0.2, 0.25) is 0 Å². The van der Waals surface area contributed by atoms with Crippen molar-refractivity contribution >= 4 is 22.9 Å². The van der Waals surface area contributed by atoms with Crippen LogP contribution < -0.4 is 10.2 Å². The minimum absolute atomic E-state index is 0.0662. The van der Waals surface area contributed by atoms with Crippen LogP contribution in [0.25, 0.3) is 10.7 Å². The van der Waals surface area contributed by atoms with Gasteiger partial charge < -0.3 is 19.7 Å². The number of anilines is 1. The molecule has 12 heteroatoms. The summed E-state index contributed by atoms with van der Waals surface area (Å²) in [5.74, 6) is -0.821. The van der Waals surface area contributed by atoms with E-state index < -0.39 is 28.7 Å². The van der Waals surface area contributed by atoms with Crippen LogP contribution in [0, 0.1) is 0 Å². The van der Waals surface area contributed by atoms with Crippen LogP contribution in [0.15, 0.2) is 42.6 Å². The van der Waals surface area contributed by atoms with Crippen molar-refractivity contribution in [3.63, 3.8) is 0 Å². The molecule has 3 atom stereocenters. The molecule has 0 radical (unpaired) electrons. The maximum atomic E-state index is 14.1. The van der Waals surface area contributed by atoms with Gasteiger partial charge in [0, 0.05) is 44.6 Å². The number of benzene rings is 1. The van der Waals surface area contributed by atoms with Crippen LogP contribution in [0.4, 0.5) is 18.9 Å². The van der Waals surface area contributed by atoms with Gasteiger partial charge in [-0.2, -0.15) is 13.2 Å². The zero-order valence-corrected chi connectivity index (χ0v) is 24.1. The van der Waals surface area contributed by atoms with E-state index in [1.807, 2.05) is 44.2 Å². The Bertz CT molecular complexity index is 1350. The third-order valence-electron chi connectivity index (χ3n) is 7.20. The van der Waals surface area contributed by atoms with E-state index >= 15 is 0 Å². The number of nitrogens with one attached hydrogen (secondary N) is 1. The van der Waals surface area contributed by atoms with Crippen LogP contribution >= 0.6 is 11.3 Å². The normalized spacial score (nSPS) is 21.1. The quantitative estimate of drug-likeness (QED) is 0.408. The second-order valence-corrected chi connectivity index (χ2v) is 11.5. The molecular formula is C29H34F3N5O3S. The summed E-state index contributed by atoms with van der Waals surface area (Å²) in [5.41, 5.74) is 1.67. The van der Waals surface area contributed by atoms with Crippen LogP contribution in [-0.4, -0.2) is 72.4 Å². The molecule has 8 nitrogen and oxygen atoms in total. The lowest BCUT2D eigenvalue weighted by molar-refractivity contribution is -0.141. The lowest BCUT2D eigenvalue weighted by Crippen LogP contribution is -2.45. The number of morpholine rings is 2. The summed E-state index contributed by atoms with van der Waals surface area (Å²) in [6.07, 6.45) is -3.12. The number of nitrogens with zero attached hydrogens (tertiary/aromatic N) is 4. The maximum Gasteiger partial charge on any atom is 0.435 e. The number of hydrogen-bond donors (Lipinski definition) is 1. The van der Waals surface area contributed by atoms with Gasteiger partial charge in [0.1, 0.15) is 15.6 Å². The van der Waals surface area contributed by atoms with E-state index in [0.29, 0.717) is 36.8 Å². The number of halogens is 3. The molecular weight excluding hydrogens is 555 g/mol. The Morgan fingerprint density at radius 1 is 1.15 bits per heavy atom. The van der Waals surface area contributed by atoms with Gasteiger partial charge in [-0.05, 0) is 50.1 Å². The van der Waals surface area contributed by atoms with Crippen molar-refractivity contribution in [3.8, 4) is 10.7 Å². The van der Waals surface area contributed by atoms with E-state index in [1.165, 1.54) is 6.20 Å². The molecule has 4 heterocycles. The highest BCUT2D eigenvalue weighted by Crippen LogP contribution is 2.38. The predicted molar refractivity (Wildman–Crippen MR) is 151 cm³/mol. The molecule has 220 valence electrons. The fourth-order valence-electron chi connectivity index (χ4n) is 5.25. The molecule has 1 amide bonds. The number of carbonyl (C=O) groups excluding carboxylic acids is 1. The minimum Gasteiger partial charge on any atom is -0.379 e. The standard InChI is InChI=1S/C29H34F3N5O3S/c1-18-15-37(16-19(2)40-18)23-8-4-6-21(14-23)20(3)34-27(38)25-26(29(30,31)32)35-28(41-25)24-22(7-5-9-33-24)17-36-10-12-39-13-11-36/h4-9,14,18-20H,10-13,15-17H2,1-3H3,(H,34,38)/t18?,19?,20-/m0/s1. The van der Waals surface area contributed by atoms with Crippen molar-refractivity contribution < 1.29 is 27.4 Å².